The van der Waals surface area contributed by atoms with Crippen LogP contribution in [0.4, 0.5) is 0 Å². The zero-order valence-corrected chi connectivity index (χ0v) is 20.4. The quantitative estimate of drug-likeness (QED) is 0.447. The second-order valence-electron chi connectivity index (χ2n) is 7.50. The molecule has 174 valence electrons. The van der Waals surface area contributed by atoms with Crippen LogP contribution in [0.15, 0.2) is 71.4 Å². The SMILES string of the molecule is CSC(C#N)C(=O)NC1C(=O)N2C(C(=O)OC(c3ccccc3)c3ccccc3)=C(Cl)CS[C@@H]12. The van der Waals surface area contributed by atoms with Crippen molar-refractivity contribution in [3.8, 4) is 6.07 Å². The van der Waals surface area contributed by atoms with E-state index in [-0.39, 0.29) is 10.7 Å². The van der Waals surface area contributed by atoms with Gasteiger partial charge in [-0.15, -0.1) is 23.5 Å². The molecular weight excluding hydrogens is 494 g/mol. The highest BCUT2D eigenvalue weighted by Gasteiger charge is 2.55. The Bertz CT molecular complexity index is 1130. The van der Waals surface area contributed by atoms with Gasteiger partial charge in [0.05, 0.1) is 11.1 Å². The Morgan fingerprint density at radius 3 is 2.29 bits per heavy atom. The van der Waals surface area contributed by atoms with E-state index in [0.717, 1.165) is 22.9 Å². The molecule has 0 aromatic heterocycles. The third-order valence-electron chi connectivity index (χ3n) is 5.43. The number of carbonyl (C=O) groups excluding carboxylic acids is 3. The normalized spacial score (nSPS) is 20.2. The Balaban J connectivity index is 1.55. The van der Waals surface area contributed by atoms with Gasteiger partial charge in [-0.05, 0) is 17.4 Å². The summed E-state index contributed by atoms with van der Waals surface area (Å²) in [6.07, 6.45) is 0.953. The van der Waals surface area contributed by atoms with Crippen LogP contribution in [0.2, 0.25) is 0 Å². The largest absolute Gasteiger partial charge is 0.448 e. The summed E-state index contributed by atoms with van der Waals surface area (Å²) in [7, 11) is 0. The number of hydrogen-bond acceptors (Lipinski definition) is 7. The number of amides is 2. The van der Waals surface area contributed by atoms with Crippen LogP contribution in [0.5, 0.6) is 0 Å². The smallest absolute Gasteiger partial charge is 0.357 e. The first-order valence-corrected chi connectivity index (χ1v) is 13.0. The molecule has 7 nitrogen and oxygen atoms in total. The number of fused-ring (bicyclic) bond motifs is 1. The lowest BCUT2D eigenvalue weighted by Crippen LogP contribution is -2.71. The minimum absolute atomic E-state index is 0.0144. The average molecular weight is 514 g/mol. The van der Waals surface area contributed by atoms with Crippen LogP contribution in [0.25, 0.3) is 0 Å². The number of rotatable bonds is 7. The second kappa shape index (κ2) is 10.6. The third-order valence-corrected chi connectivity index (χ3v) is 7.98. The molecule has 3 atom stereocenters. The summed E-state index contributed by atoms with van der Waals surface area (Å²) in [5, 5.41) is 10.5. The Morgan fingerprint density at radius 1 is 1.18 bits per heavy atom. The lowest BCUT2D eigenvalue weighted by molar-refractivity contribution is -0.154. The molecule has 0 bridgehead atoms. The van der Waals surface area contributed by atoms with Gasteiger partial charge in [0.1, 0.15) is 17.1 Å². The molecule has 2 aliphatic heterocycles. The number of benzene rings is 2. The molecule has 0 spiro atoms. The van der Waals surface area contributed by atoms with Crippen molar-refractivity contribution in [2.24, 2.45) is 0 Å². The number of hydrogen-bond donors (Lipinski definition) is 1. The summed E-state index contributed by atoms with van der Waals surface area (Å²) >= 11 is 8.81. The van der Waals surface area contributed by atoms with Gasteiger partial charge in [-0.3, -0.25) is 14.5 Å². The molecule has 0 aliphatic carbocycles. The summed E-state index contributed by atoms with van der Waals surface area (Å²) in [5.74, 6) is -1.43. The molecule has 2 aromatic carbocycles. The number of carbonyl (C=O) groups is 3. The van der Waals surface area contributed by atoms with E-state index >= 15 is 0 Å². The third kappa shape index (κ3) is 4.67. The van der Waals surface area contributed by atoms with Gasteiger partial charge in [0.25, 0.3) is 5.91 Å². The number of nitriles is 1. The lowest BCUT2D eigenvalue weighted by Gasteiger charge is -2.49. The molecule has 0 radical (unpaired) electrons. The Labute approximate surface area is 210 Å². The predicted octanol–water partition coefficient (Wildman–Crippen LogP) is 3.42. The number of nitrogens with one attached hydrogen (secondary N) is 1. The number of esters is 1. The van der Waals surface area contributed by atoms with Crippen LogP contribution in [0, 0.1) is 11.3 Å². The van der Waals surface area contributed by atoms with Crippen molar-refractivity contribution in [2.75, 3.05) is 12.0 Å². The molecule has 4 rings (SSSR count). The van der Waals surface area contributed by atoms with Gasteiger partial charge in [0.2, 0.25) is 5.91 Å². The van der Waals surface area contributed by atoms with Crippen molar-refractivity contribution in [1.29, 1.82) is 5.26 Å². The monoisotopic (exact) mass is 513 g/mol. The lowest BCUT2D eigenvalue weighted by atomic mass is 10.0. The molecule has 2 unspecified atom stereocenters. The molecule has 34 heavy (non-hydrogen) atoms. The van der Waals surface area contributed by atoms with E-state index in [9.17, 15) is 14.4 Å². The maximum atomic E-state index is 13.3. The molecule has 1 saturated heterocycles. The van der Waals surface area contributed by atoms with E-state index in [1.807, 2.05) is 66.7 Å². The van der Waals surface area contributed by atoms with E-state index < -0.39 is 40.6 Å². The molecule has 1 fully saturated rings. The van der Waals surface area contributed by atoms with Crippen LogP contribution >= 0.6 is 35.1 Å². The maximum absolute atomic E-state index is 13.3. The number of halogens is 1. The summed E-state index contributed by atoms with van der Waals surface area (Å²) in [5.41, 5.74) is 1.54. The second-order valence-corrected chi connectivity index (χ2v) is 10.0. The van der Waals surface area contributed by atoms with Crippen molar-refractivity contribution < 1.29 is 19.1 Å². The summed E-state index contributed by atoms with van der Waals surface area (Å²) < 4.78 is 5.90. The average Bonchev–Trinajstić information content (AvgIpc) is 2.87. The summed E-state index contributed by atoms with van der Waals surface area (Å²) in [6.45, 7) is 0. The minimum atomic E-state index is -0.920. The van der Waals surface area contributed by atoms with Gasteiger partial charge in [0.15, 0.2) is 11.4 Å². The van der Waals surface area contributed by atoms with Gasteiger partial charge < -0.3 is 10.1 Å². The molecule has 2 amide bonds. The number of nitrogens with zero attached hydrogens (tertiary/aromatic N) is 2. The zero-order chi connectivity index (χ0) is 24.2. The first kappa shape index (κ1) is 24.2. The van der Waals surface area contributed by atoms with E-state index in [4.69, 9.17) is 21.6 Å². The number of ether oxygens (including phenoxy) is 1. The molecule has 2 aliphatic rings. The van der Waals surface area contributed by atoms with E-state index in [2.05, 4.69) is 5.32 Å². The van der Waals surface area contributed by atoms with E-state index in [0.29, 0.717) is 5.75 Å². The van der Waals surface area contributed by atoms with Gasteiger partial charge >= 0.3 is 5.97 Å². The van der Waals surface area contributed by atoms with Crippen molar-refractivity contribution >= 4 is 52.9 Å². The van der Waals surface area contributed by atoms with Crippen LogP contribution in [0.1, 0.15) is 17.2 Å². The van der Waals surface area contributed by atoms with Gasteiger partial charge in [0, 0.05) is 5.75 Å². The highest BCUT2D eigenvalue weighted by Crippen LogP contribution is 2.42. The highest BCUT2D eigenvalue weighted by molar-refractivity contribution is 8.00. The molecule has 10 heteroatoms. The zero-order valence-electron chi connectivity index (χ0n) is 18.0. The van der Waals surface area contributed by atoms with Gasteiger partial charge in [-0.1, -0.05) is 72.3 Å². The topological polar surface area (TPSA) is 99.5 Å². The Hall–Kier alpha value is -2.93. The maximum Gasteiger partial charge on any atom is 0.357 e. The van der Waals surface area contributed by atoms with Crippen molar-refractivity contribution in [3.05, 3.63) is 82.5 Å². The fourth-order valence-corrected chi connectivity index (χ4v) is 5.70. The van der Waals surface area contributed by atoms with Crippen LogP contribution in [0.3, 0.4) is 0 Å². The first-order chi connectivity index (χ1) is 16.5. The van der Waals surface area contributed by atoms with Crippen LogP contribution in [-0.2, 0) is 19.1 Å². The molecule has 0 saturated carbocycles. The minimum Gasteiger partial charge on any atom is -0.448 e. The number of thioether (sulfide) groups is 2. The summed E-state index contributed by atoms with van der Waals surface area (Å²) in [6, 6.07) is 19.7. The predicted molar refractivity (Wildman–Crippen MR) is 132 cm³/mol. The standard InChI is InChI=1S/C24H20ClN3O4S2/c1-33-17(12-26)21(29)27-18-22(30)28-19(16(25)13-34-23(18)28)24(31)32-20(14-8-4-2-5-9-14)15-10-6-3-7-11-15/h2-11,17-18,20,23H,13H2,1H3,(H,27,29)/t17?,18?,23-/m0/s1. The number of β-lactam (4-membered cyclic amide) rings is 1. The fourth-order valence-electron chi connectivity index (χ4n) is 3.77. The van der Waals surface area contributed by atoms with E-state index in [1.54, 1.807) is 6.26 Å². The molecule has 2 aromatic rings. The highest BCUT2D eigenvalue weighted by atomic mass is 35.5. The fraction of sp³-hybridized carbons (Fsp3) is 0.250. The van der Waals surface area contributed by atoms with Crippen molar-refractivity contribution in [3.63, 3.8) is 0 Å². The van der Waals surface area contributed by atoms with Crippen LogP contribution in [-0.4, -0.2) is 51.4 Å². The van der Waals surface area contributed by atoms with Gasteiger partial charge in [-0.2, -0.15) is 5.26 Å². The van der Waals surface area contributed by atoms with E-state index in [1.165, 1.54) is 16.7 Å². The Kier molecular flexibility index (Phi) is 7.51. The first-order valence-electron chi connectivity index (χ1n) is 10.3. The van der Waals surface area contributed by atoms with Crippen molar-refractivity contribution in [1.82, 2.24) is 10.2 Å². The Morgan fingerprint density at radius 2 is 1.76 bits per heavy atom. The molecule has 2 heterocycles. The van der Waals surface area contributed by atoms with Gasteiger partial charge in [-0.25, -0.2) is 4.79 Å². The van der Waals surface area contributed by atoms with Crippen LogP contribution < -0.4 is 5.32 Å². The molecular formula is C24H20ClN3O4S2. The van der Waals surface area contributed by atoms with Crippen molar-refractivity contribution in [2.45, 2.75) is 22.8 Å². The summed E-state index contributed by atoms with van der Waals surface area (Å²) in [4.78, 5) is 39.8. The molecule has 1 N–H and O–H groups in total.